The molecular weight excluding hydrogens is 562 g/mol. The topological polar surface area (TPSA) is 100 Å². The van der Waals surface area contributed by atoms with Gasteiger partial charge in [-0.15, -0.1) is 0 Å². The lowest BCUT2D eigenvalue weighted by Crippen LogP contribution is -2.43. The zero-order valence-electron chi connectivity index (χ0n) is 22.1. The Kier molecular flexibility index (Phi) is 10.1. The summed E-state index contributed by atoms with van der Waals surface area (Å²) in [6, 6.07) is 3.59. The van der Waals surface area contributed by atoms with Gasteiger partial charge in [-0.25, -0.2) is 4.79 Å². The second-order valence-corrected chi connectivity index (χ2v) is 11.1. The second kappa shape index (κ2) is 12.9. The molecule has 1 N–H and O–H groups in total. The lowest BCUT2D eigenvalue weighted by atomic mass is 9.69. The summed E-state index contributed by atoms with van der Waals surface area (Å²) in [4.78, 5) is 40.0. The van der Waals surface area contributed by atoms with Crippen LogP contribution in [0.5, 0.6) is 11.5 Å². The maximum Gasteiger partial charge on any atom is 0.336 e. The van der Waals surface area contributed by atoms with E-state index in [-0.39, 0.29) is 18.3 Å². The summed E-state index contributed by atoms with van der Waals surface area (Å²) in [6.45, 7) is 8.20. The highest BCUT2D eigenvalue weighted by molar-refractivity contribution is 9.10. The number of dihydropyridines is 1. The van der Waals surface area contributed by atoms with Crippen LogP contribution in [0.15, 0.2) is 39.1 Å². The van der Waals surface area contributed by atoms with Crippen LogP contribution in [0.4, 0.5) is 0 Å². The van der Waals surface area contributed by atoms with Gasteiger partial charge in [0.2, 0.25) is 0 Å². The third kappa shape index (κ3) is 6.00. The fourth-order valence-corrected chi connectivity index (χ4v) is 6.03. The molecule has 1 aromatic rings. The number of hydrogen-bond donors (Lipinski definition) is 1. The van der Waals surface area contributed by atoms with Gasteiger partial charge < -0.3 is 24.3 Å². The van der Waals surface area contributed by atoms with Crippen molar-refractivity contribution in [1.29, 1.82) is 0 Å². The molecule has 0 unspecified atom stereocenters. The SMILES string of the molecule is CCOc1cc([C@H]2C(C(=O)OCCSCC)=C(C)NC3=C2C(=O)[C@@H](C(=O)OC)[C@H](C)C3)cc(Br)c1OC. The van der Waals surface area contributed by atoms with Crippen LogP contribution in [-0.2, 0) is 23.9 Å². The molecule has 0 amide bonds. The lowest BCUT2D eigenvalue weighted by molar-refractivity contribution is -0.151. The highest BCUT2D eigenvalue weighted by atomic mass is 79.9. The Labute approximate surface area is 230 Å². The van der Waals surface area contributed by atoms with Crippen LogP contribution in [0, 0.1) is 11.8 Å². The minimum absolute atomic E-state index is 0.249. The summed E-state index contributed by atoms with van der Waals surface area (Å²) in [5, 5.41) is 3.28. The van der Waals surface area contributed by atoms with E-state index in [1.165, 1.54) is 7.11 Å². The first-order valence-electron chi connectivity index (χ1n) is 12.3. The lowest BCUT2D eigenvalue weighted by Gasteiger charge is -2.38. The first kappa shape index (κ1) is 29.1. The molecule has 0 spiro atoms. The van der Waals surface area contributed by atoms with Gasteiger partial charge in [-0.05, 0) is 65.6 Å². The standard InChI is InChI=1S/C27H34BrNO7S/c1-7-35-19-13-16(12-17(28)25(19)33-5)22-21(27(32)36-9-10-37-8-2)15(4)29-18-11-14(3)20(26(31)34-6)24(30)23(18)22/h12-14,20,22,29H,7-11H2,1-6H3/t14-,20+,22+/m1/s1. The van der Waals surface area contributed by atoms with Crippen molar-refractivity contribution in [2.45, 2.75) is 40.0 Å². The molecule has 3 rings (SSSR count). The normalized spacial score (nSPS) is 21.3. The molecule has 1 heterocycles. The largest absolute Gasteiger partial charge is 0.492 e. The van der Waals surface area contributed by atoms with Crippen LogP contribution in [0.1, 0.15) is 45.6 Å². The Morgan fingerprint density at radius 2 is 1.95 bits per heavy atom. The Hall–Kier alpha value is -2.46. The van der Waals surface area contributed by atoms with Crippen molar-refractivity contribution < 1.29 is 33.3 Å². The number of ether oxygens (including phenoxy) is 4. The van der Waals surface area contributed by atoms with Gasteiger partial charge in [-0.3, -0.25) is 9.59 Å². The number of ketones is 1. The van der Waals surface area contributed by atoms with Crippen LogP contribution >= 0.6 is 27.7 Å². The number of halogens is 1. The molecule has 1 aliphatic heterocycles. The van der Waals surface area contributed by atoms with Gasteiger partial charge in [0.15, 0.2) is 17.3 Å². The van der Waals surface area contributed by atoms with Crippen molar-refractivity contribution in [3.05, 3.63) is 44.7 Å². The Morgan fingerprint density at radius 3 is 2.57 bits per heavy atom. The summed E-state index contributed by atoms with van der Waals surface area (Å²) in [6.07, 6.45) is 0.458. The number of nitrogens with one attached hydrogen (secondary N) is 1. The van der Waals surface area contributed by atoms with Crippen molar-refractivity contribution >= 4 is 45.4 Å². The molecule has 0 bridgehead atoms. The monoisotopic (exact) mass is 595 g/mol. The van der Waals surface area contributed by atoms with Crippen LogP contribution in [-0.4, -0.2) is 56.7 Å². The molecule has 2 aliphatic rings. The maximum atomic E-state index is 13.9. The number of hydrogen-bond acceptors (Lipinski definition) is 9. The highest BCUT2D eigenvalue weighted by Gasteiger charge is 2.47. The van der Waals surface area contributed by atoms with Crippen molar-refractivity contribution in [2.24, 2.45) is 11.8 Å². The molecule has 0 radical (unpaired) electrons. The fraction of sp³-hybridized carbons (Fsp3) is 0.519. The average molecular weight is 597 g/mol. The van der Waals surface area contributed by atoms with Gasteiger partial charge in [-0.2, -0.15) is 11.8 Å². The molecule has 1 aliphatic carbocycles. The van der Waals surface area contributed by atoms with Crippen molar-refractivity contribution in [3.63, 3.8) is 0 Å². The first-order chi connectivity index (χ1) is 17.7. The van der Waals surface area contributed by atoms with E-state index in [0.717, 1.165) is 5.75 Å². The van der Waals surface area contributed by atoms with E-state index in [1.807, 2.05) is 26.8 Å². The molecule has 10 heteroatoms. The molecule has 3 atom stereocenters. The van der Waals surface area contributed by atoms with Crippen molar-refractivity contribution in [2.75, 3.05) is 38.9 Å². The van der Waals surface area contributed by atoms with Gasteiger partial charge in [0.25, 0.3) is 0 Å². The Bertz CT molecular complexity index is 1130. The summed E-state index contributed by atoms with van der Waals surface area (Å²) in [5.74, 6) is -0.875. The molecule has 1 aromatic carbocycles. The molecule has 37 heavy (non-hydrogen) atoms. The summed E-state index contributed by atoms with van der Waals surface area (Å²) >= 11 is 5.23. The van der Waals surface area contributed by atoms with E-state index < -0.39 is 23.8 Å². The number of carbonyl (C=O) groups is 3. The first-order valence-corrected chi connectivity index (χ1v) is 14.2. The molecule has 0 saturated heterocycles. The molecule has 0 fully saturated rings. The van der Waals surface area contributed by atoms with Gasteiger partial charge in [0, 0.05) is 28.6 Å². The number of rotatable bonds is 10. The highest BCUT2D eigenvalue weighted by Crippen LogP contribution is 2.48. The van der Waals surface area contributed by atoms with Gasteiger partial charge in [0.05, 0.1) is 30.9 Å². The molecule has 0 aromatic heterocycles. The fourth-order valence-electron chi connectivity index (χ4n) is 4.92. The smallest absolute Gasteiger partial charge is 0.336 e. The van der Waals surface area contributed by atoms with Crippen molar-refractivity contribution in [1.82, 2.24) is 5.32 Å². The van der Waals surface area contributed by atoms with E-state index in [4.69, 9.17) is 18.9 Å². The van der Waals surface area contributed by atoms with Crippen LogP contribution in [0.3, 0.4) is 0 Å². The predicted molar refractivity (Wildman–Crippen MR) is 146 cm³/mol. The number of benzene rings is 1. The number of thioether (sulfide) groups is 1. The average Bonchev–Trinajstić information content (AvgIpc) is 2.85. The van der Waals surface area contributed by atoms with Crippen LogP contribution < -0.4 is 14.8 Å². The van der Waals surface area contributed by atoms with Gasteiger partial charge in [0.1, 0.15) is 12.5 Å². The van der Waals surface area contributed by atoms with E-state index in [0.29, 0.717) is 62.9 Å². The summed E-state index contributed by atoms with van der Waals surface area (Å²) in [7, 11) is 2.82. The van der Waals surface area contributed by atoms with Gasteiger partial charge in [-0.1, -0.05) is 13.8 Å². The zero-order chi connectivity index (χ0) is 27.3. The molecule has 8 nitrogen and oxygen atoms in total. The third-order valence-corrected chi connectivity index (χ3v) is 7.95. The van der Waals surface area contributed by atoms with Crippen LogP contribution in [0.25, 0.3) is 0 Å². The number of allylic oxidation sites excluding steroid dienone is 3. The number of Topliss-reactive ketones (excluding diaryl/α,β-unsaturated/α-hetero) is 1. The maximum absolute atomic E-state index is 13.9. The van der Waals surface area contributed by atoms with E-state index in [1.54, 1.807) is 31.9 Å². The number of methoxy groups -OCH3 is 2. The van der Waals surface area contributed by atoms with E-state index in [2.05, 4.69) is 21.2 Å². The van der Waals surface area contributed by atoms with Crippen molar-refractivity contribution in [3.8, 4) is 11.5 Å². The van der Waals surface area contributed by atoms with E-state index >= 15 is 0 Å². The number of carbonyl (C=O) groups excluding carboxylic acids is 3. The van der Waals surface area contributed by atoms with Crippen LogP contribution in [0.2, 0.25) is 0 Å². The number of esters is 2. The summed E-state index contributed by atoms with van der Waals surface area (Å²) in [5.41, 5.74) is 2.65. The van der Waals surface area contributed by atoms with E-state index in [9.17, 15) is 14.4 Å². The molecular formula is C27H34BrNO7S. The minimum atomic E-state index is -0.960. The van der Waals surface area contributed by atoms with Gasteiger partial charge >= 0.3 is 11.9 Å². The molecule has 202 valence electrons. The summed E-state index contributed by atoms with van der Waals surface area (Å²) < 4.78 is 22.6. The predicted octanol–water partition coefficient (Wildman–Crippen LogP) is 4.77. The molecule has 0 saturated carbocycles. The quantitative estimate of drug-likeness (QED) is 0.233. The Balaban J connectivity index is 2.19. The zero-order valence-corrected chi connectivity index (χ0v) is 24.5. The minimum Gasteiger partial charge on any atom is -0.492 e. The second-order valence-electron chi connectivity index (χ2n) is 8.84. The Morgan fingerprint density at radius 1 is 1.22 bits per heavy atom. The third-order valence-electron chi connectivity index (χ3n) is 6.50.